The van der Waals surface area contributed by atoms with E-state index in [2.05, 4.69) is 10.5 Å². The molecule has 2 heterocycles. The Morgan fingerprint density at radius 2 is 2.30 bits per heavy atom. The maximum atomic E-state index is 11.7. The van der Waals surface area contributed by atoms with E-state index in [4.69, 9.17) is 4.52 Å². The number of hydrogen-bond acceptors (Lipinski definition) is 5. The van der Waals surface area contributed by atoms with Crippen molar-refractivity contribution in [1.29, 1.82) is 0 Å². The summed E-state index contributed by atoms with van der Waals surface area (Å²) < 4.78 is 4.97. The molecular formula is C13H14N2O4S. The second-order valence-electron chi connectivity index (χ2n) is 4.20. The molecule has 2 rings (SSSR count). The van der Waals surface area contributed by atoms with Crippen LogP contribution >= 0.6 is 11.3 Å². The summed E-state index contributed by atoms with van der Waals surface area (Å²) in [5.41, 5.74) is 0.767. The number of rotatable bonds is 6. The lowest BCUT2D eigenvalue weighted by Gasteiger charge is -2.01. The number of aromatic nitrogens is 1. The number of unbranched alkanes of at least 4 members (excludes halogenated alkanes) is 1. The van der Waals surface area contributed by atoms with Gasteiger partial charge in [0.2, 0.25) is 11.8 Å². The fourth-order valence-electron chi connectivity index (χ4n) is 1.70. The van der Waals surface area contributed by atoms with Gasteiger partial charge in [0, 0.05) is 17.4 Å². The Kier molecular flexibility index (Phi) is 4.52. The van der Waals surface area contributed by atoms with Crippen LogP contribution in [0.4, 0.5) is 5.88 Å². The van der Waals surface area contributed by atoms with E-state index >= 15 is 0 Å². The van der Waals surface area contributed by atoms with E-state index in [-0.39, 0.29) is 23.0 Å². The molecule has 0 saturated carbocycles. The van der Waals surface area contributed by atoms with Crippen molar-refractivity contribution in [2.75, 3.05) is 5.32 Å². The summed E-state index contributed by atoms with van der Waals surface area (Å²) in [7, 11) is 0. The van der Waals surface area contributed by atoms with Gasteiger partial charge in [0.1, 0.15) is 5.69 Å². The van der Waals surface area contributed by atoms with E-state index in [0.717, 1.165) is 12.8 Å². The van der Waals surface area contributed by atoms with Crippen molar-refractivity contribution >= 4 is 29.1 Å². The molecule has 0 bridgehead atoms. The molecule has 0 aromatic carbocycles. The lowest BCUT2D eigenvalue weighted by atomic mass is 10.1. The van der Waals surface area contributed by atoms with Crippen molar-refractivity contribution < 1.29 is 19.2 Å². The van der Waals surface area contributed by atoms with Crippen LogP contribution in [0.15, 0.2) is 21.3 Å². The van der Waals surface area contributed by atoms with E-state index in [9.17, 15) is 14.7 Å². The number of carbonyl (C=O) groups is 2. The van der Waals surface area contributed by atoms with Crippen molar-refractivity contribution in [3.63, 3.8) is 0 Å². The highest BCUT2D eigenvalue weighted by Gasteiger charge is 2.25. The van der Waals surface area contributed by atoms with Gasteiger partial charge in [-0.15, -0.1) is 0 Å². The highest BCUT2D eigenvalue weighted by atomic mass is 32.1. The van der Waals surface area contributed by atoms with Gasteiger partial charge in [-0.3, -0.25) is 10.1 Å². The summed E-state index contributed by atoms with van der Waals surface area (Å²) in [6.45, 7) is 1.97. The number of carboxylic acids is 1. The summed E-state index contributed by atoms with van der Waals surface area (Å²) in [5.74, 6) is -1.57. The van der Waals surface area contributed by atoms with E-state index in [1.165, 1.54) is 11.3 Å². The lowest BCUT2D eigenvalue weighted by molar-refractivity contribution is -0.116. The van der Waals surface area contributed by atoms with Crippen molar-refractivity contribution in [2.24, 2.45) is 0 Å². The average molecular weight is 294 g/mol. The van der Waals surface area contributed by atoms with Gasteiger partial charge in [-0.2, -0.15) is 11.3 Å². The summed E-state index contributed by atoms with van der Waals surface area (Å²) in [5, 5.41) is 19.1. The van der Waals surface area contributed by atoms with Gasteiger partial charge in [0.25, 0.3) is 0 Å². The largest absolute Gasteiger partial charge is 0.477 e. The van der Waals surface area contributed by atoms with Crippen LogP contribution in [0.3, 0.4) is 0 Å². The molecule has 1 amide bonds. The third-order valence-corrected chi connectivity index (χ3v) is 3.39. The summed E-state index contributed by atoms with van der Waals surface area (Å²) in [6.07, 6.45) is 1.94. The molecular weight excluding hydrogens is 280 g/mol. The first-order valence-corrected chi connectivity index (χ1v) is 7.13. The molecule has 0 unspecified atom stereocenters. The van der Waals surface area contributed by atoms with Crippen LogP contribution in [0, 0.1) is 0 Å². The smallest absolute Gasteiger partial charge is 0.343 e. The van der Waals surface area contributed by atoms with Crippen LogP contribution < -0.4 is 5.32 Å². The predicted molar refractivity (Wildman–Crippen MR) is 74.9 cm³/mol. The second kappa shape index (κ2) is 6.33. The van der Waals surface area contributed by atoms with E-state index in [0.29, 0.717) is 12.0 Å². The minimum atomic E-state index is -1.18. The standard InChI is InChI=1S/C13H14N2O4S/c1-2-3-4-9(16)14-12-10(13(17)18)11(15-19-12)8-5-6-20-7-8/h5-7H,2-4H2,1H3,(H,14,16)(H,17,18). The molecule has 0 fully saturated rings. The molecule has 106 valence electrons. The van der Waals surface area contributed by atoms with Crippen molar-refractivity contribution in [3.05, 3.63) is 22.4 Å². The van der Waals surface area contributed by atoms with Crippen molar-refractivity contribution in [2.45, 2.75) is 26.2 Å². The monoisotopic (exact) mass is 294 g/mol. The number of thiophene rings is 1. The van der Waals surface area contributed by atoms with Gasteiger partial charge < -0.3 is 9.63 Å². The fourth-order valence-corrected chi connectivity index (χ4v) is 2.34. The first-order valence-electron chi connectivity index (χ1n) is 6.18. The highest BCUT2D eigenvalue weighted by molar-refractivity contribution is 7.08. The molecule has 20 heavy (non-hydrogen) atoms. The zero-order valence-corrected chi connectivity index (χ0v) is 11.7. The third kappa shape index (κ3) is 3.05. The Morgan fingerprint density at radius 1 is 1.50 bits per heavy atom. The first kappa shape index (κ1) is 14.3. The number of nitrogens with one attached hydrogen (secondary N) is 1. The molecule has 0 radical (unpaired) electrons. The Bertz CT molecular complexity index is 604. The van der Waals surface area contributed by atoms with Gasteiger partial charge in [-0.1, -0.05) is 18.5 Å². The average Bonchev–Trinajstić information content (AvgIpc) is 3.04. The number of carboxylic acid groups (broad SMARTS) is 1. The Hall–Kier alpha value is -2.15. The third-order valence-electron chi connectivity index (χ3n) is 2.71. The molecule has 0 atom stereocenters. The van der Waals surface area contributed by atoms with Crippen LogP contribution in [-0.4, -0.2) is 22.1 Å². The molecule has 6 nitrogen and oxygen atoms in total. The Balaban J connectivity index is 2.26. The molecule has 0 aliphatic heterocycles. The second-order valence-corrected chi connectivity index (χ2v) is 4.98. The van der Waals surface area contributed by atoms with E-state index in [1.807, 2.05) is 12.3 Å². The SMILES string of the molecule is CCCCC(=O)Nc1onc(-c2ccsc2)c1C(=O)O. The van der Waals surface area contributed by atoms with E-state index < -0.39 is 5.97 Å². The Morgan fingerprint density at radius 3 is 2.90 bits per heavy atom. The van der Waals surface area contributed by atoms with Crippen LogP contribution in [-0.2, 0) is 4.79 Å². The fraction of sp³-hybridized carbons (Fsp3) is 0.308. The molecule has 2 aromatic heterocycles. The first-order chi connectivity index (χ1) is 9.63. The number of carbonyl (C=O) groups excluding carboxylic acids is 1. The molecule has 2 N–H and O–H groups in total. The summed E-state index contributed by atoms with van der Waals surface area (Å²) >= 11 is 1.43. The zero-order chi connectivity index (χ0) is 14.5. The molecule has 0 aliphatic carbocycles. The summed E-state index contributed by atoms with van der Waals surface area (Å²) in [4.78, 5) is 23.0. The topological polar surface area (TPSA) is 92.4 Å². The van der Waals surface area contributed by atoms with Gasteiger partial charge in [0.05, 0.1) is 0 Å². The van der Waals surface area contributed by atoms with Gasteiger partial charge >= 0.3 is 5.97 Å². The number of hydrogen-bond donors (Lipinski definition) is 2. The number of amides is 1. The summed E-state index contributed by atoms with van der Waals surface area (Å²) in [6, 6.07) is 1.75. The number of nitrogens with zero attached hydrogens (tertiary/aromatic N) is 1. The number of aromatic carboxylic acids is 1. The van der Waals surface area contributed by atoms with Gasteiger partial charge in [-0.25, -0.2) is 4.79 Å². The zero-order valence-electron chi connectivity index (χ0n) is 10.9. The van der Waals surface area contributed by atoms with Crippen LogP contribution in [0.1, 0.15) is 36.5 Å². The predicted octanol–water partition coefficient (Wildman–Crippen LogP) is 3.23. The van der Waals surface area contributed by atoms with Crippen LogP contribution in [0.5, 0.6) is 0 Å². The number of anilines is 1. The van der Waals surface area contributed by atoms with Crippen molar-refractivity contribution in [3.8, 4) is 11.3 Å². The lowest BCUT2D eigenvalue weighted by Crippen LogP contribution is -2.13. The van der Waals surface area contributed by atoms with Crippen molar-refractivity contribution in [1.82, 2.24) is 5.16 Å². The van der Waals surface area contributed by atoms with Crippen LogP contribution in [0.25, 0.3) is 11.3 Å². The maximum absolute atomic E-state index is 11.7. The van der Waals surface area contributed by atoms with Crippen LogP contribution in [0.2, 0.25) is 0 Å². The minimum Gasteiger partial charge on any atom is -0.477 e. The molecule has 0 spiro atoms. The molecule has 0 saturated heterocycles. The molecule has 2 aromatic rings. The van der Waals surface area contributed by atoms with E-state index in [1.54, 1.807) is 11.4 Å². The highest BCUT2D eigenvalue weighted by Crippen LogP contribution is 2.30. The molecule has 0 aliphatic rings. The molecule has 7 heteroatoms. The van der Waals surface area contributed by atoms with Gasteiger partial charge in [-0.05, 0) is 17.9 Å². The normalized spacial score (nSPS) is 10.4. The quantitative estimate of drug-likeness (QED) is 0.853. The Labute approximate surface area is 119 Å². The maximum Gasteiger partial charge on any atom is 0.343 e. The van der Waals surface area contributed by atoms with Gasteiger partial charge in [0.15, 0.2) is 5.56 Å². The minimum absolute atomic E-state index is 0.111.